The SMILES string of the molecule is CCCc1c(CO)ccc2cc(-c3ccc4c(c3C)C(C)(C)CCC4(C)C)ccc12. The van der Waals surface area contributed by atoms with Gasteiger partial charge in [0.25, 0.3) is 0 Å². The van der Waals surface area contributed by atoms with Gasteiger partial charge in [-0.15, -0.1) is 0 Å². The lowest BCUT2D eigenvalue weighted by Crippen LogP contribution is -2.34. The molecule has 0 amide bonds. The Morgan fingerprint density at radius 3 is 2.33 bits per heavy atom. The predicted octanol–water partition coefficient (Wildman–Crippen LogP) is 7.61. The van der Waals surface area contributed by atoms with E-state index < -0.39 is 0 Å². The second-order valence-corrected chi connectivity index (χ2v) is 10.5. The molecule has 1 aliphatic rings. The predicted molar refractivity (Wildman–Crippen MR) is 129 cm³/mol. The van der Waals surface area contributed by atoms with Gasteiger partial charge in [0.15, 0.2) is 0 Å². The van der Waals surface area contributed by atoms with Gasteiger partial charge in [0.05, 0.1) is 6.61 Å². The Morgan fingerprint density at radius 2 is 1.63 bits per heavy atom. The van der Waals surface area contributed by atoms with Crippen molar-refractivity contribution in [3.63, 3.8) is 0 Å². The fraction of sp³-hybridized carbons (Fsp3) is 0.448. The summed E-state index contributed by atoms with van der Waals surface area (Å²) in [6, 6.07) is 15.9. The Labute approximate surface area is 182 Å². The Hall–Kier alpha value is -2.12. The van der Waals surface area contributed by atoms with Gasteiger partial charge in [-0.2, -0.15) is 0 Å². The minimum Gasteiger partial charge on any atom is -0.392 e. The van der Waals surface area contributed by atoms with Gasteiger partial charge in [0, 0.05) is 0 Å². The molecule has 0 fully saturated rings. The number of fused-ring (bicyclic) bond motifs is 2. The molecule has 0 aromatic heterocycles. The zero-order valence-corrected chi connectivity index (χ0v) is 19.5. The van der Waals surface area contributed by atoms with Crippen LogP contribution in [0.15, 0.2) is 42.5 Å². The van der Waals surface area contributed by atoms with Crippen LogP contribution in [-0.4, -0.2) is 5.11 Å². The third kappa shape index (κ3) is 3.38. The minimum absolute atomic E-state index is 0.113. The topological polar surface area (TPSA) is 20.2 Å². The van der Waals surface area contributed by atoms with Crippen LogP contribution in [0.25, 0.3) is 21.9 Å². The highest BCUT2D eigenvalue weighted by Crippen LogP contribution is 2.48. The van der Waals surface area contributed by atoms with Crippen molar-refractivity contribution >= 4 is 10.8 Å². The van der Waals surface area contributed by atoms with Crippen LogP contribution in [0, 0.1) is 6.92 Å². The van der Waals surface area contributed by atoms with Crippen molar-refractivity contribution in [2.75, 3.05) is 0 Å². The summed E-state index contributed by atoms with van der Waals surface area (Å²) in [5.41, 5.74) is 9.98. The van der Waals surface area contributed by atoms with Crippen LogP contribution in [0.1, 0.15) is 81.7 Å². The summed E-state index contributed by atoms with van der Waals surface area (Å²) in [6.07, 6.45) is 4.57. The second kappa shape index (κ2) is 7.54. The van der Waals surface area contributed by atoms with Crippen molar-refractivity contribution in [2.45, 2.75) is 84.7 Å². The van der Waals surface area contributed by atoms with Crippen molar-refractivity contribution in [1.29, 1.82) is 0 Å². The van der Waals surface area contributed by atoms with E-state index in [1.54, 1.807) is 5.56 Å². The molecule has 30 heavy (non-hydrogen) atoms. The maximum atomic E-state index is 9.78. The number of benzene rings is 3. The van der Waals surface area contributed by atoms with Crippen LogP contribution in [0.5, 0.6) is 0 Å². The van der Waals surface area contributed by atoms with E-state index in [2.05, 4.69) is 84.0 Å². The molecule has 3 aromatic rings. The molecule has 0 spiro atoms. The molecule has 0 unspecified atom stereocenters. The summed E-state index contributed by atoms with van der Waals surface area (Å²) < 4.78 is 0. The van der Waals surface area contributed by atoms with E-state index >= 15 is 0 Å². The highest BCUT2D eigenvalue weighted by atomic mass is 16.3. The second-order valence-electron chi connectivity index (χ2n) is 10.5. The molecule has 0 aliphatic heterocycles. The summed E-state index contributed by atoms with van der Waals surface area (Å²) in [5, 5.41) is 12.3. The lowest BCUT2D eigenvalue weighted by atomic mass is 9.61. The molecular weight excluding hydrogens is 364 g/mol. The number of aryl methyl sites for hydroxylation is 1. The van der Waals surface area contributed by atoms with Crippen molar-refractivity contribution in [1.82, 2.24) is 0 Å². The average Bonchev–Trinajstić information content (AvgIpc) is 2.71. The average molecular weight is 401 g/mol. The lowest BCUT2D eigenvalue weighted by Gasteiger charge is -2.43. The van der Waals surface area contributed by atoms with Gasteiger partial charge in [0.1, 0.15) is 0 Å². The largest absolute Gasteiger partial charge is 0.392 e. The number of hydrogen-bond donors (Lipinski definition) is 1. The van der Waals surface area contributed by atoms with Crippen LogP contribution in [0.2, 0.25) is 0 Å². The first-order chi connectivity index (χ1) is 14.2. The van der Waals surface area contributed by atoms with Crippen LogP contribution in [-0.2, 0) is 23.9 Å². The van der Waals surface area contributed by atoms with Gasteiger partial charge in [-0.3, -0.25) is 0 Å². The Bertz CT molecular complexity index is 1100. The summed E-state index contributed by atoms with van der Waals surface area (Å²) in [4.78, 5) is 0. The number of hydrogen-bond acceptors (Lipinski definition) is 1. The Kier molecular flexibility index (Phi) is 5.31. The lowest BCUT2D eigenvalue weighted by molar-refractivity contribution is 0.281. The summed E-state index contributed by atoms with van der Waals surface area (Å²) >= 11 is 0. The highest BCUT2D eigenvalue weighted by molar-refractivity contribution is 5.91. The van der Waals surface area contributed by atoms with E-state index in [1.165, 1.54) is 51.4 Å². The van der Waals surface area contributed by atoms with Crippen LogP contribution in [0.3, 0.4) is 0 Å². The molecule has 0 bridgehead atoms. The van der Waals surface area contributed by atoms with E-state index in [1.807, 2.05) is 0 Å². The van der Waals surface area contributed by atoms with Gasteiger partial charge >= 0.3 is 0 Å². The third-order valence-electron chi connectivity index (χ3n) is 7.46. The first kappa shape index (κ1) is 21.1. The van der Waals surface area contributed by atoms with Gasteiger partial charge in [-0.1, -0.05) is 77.4 Å². The summed E-state index contributed by atoms with van der Waals surface area (Å²) in [5.74, 6) is 0. The van der Waals surface area contributed by atoms with Gasteiger partial charge in [0.2, 0.25) is 0 Å². The molecule has 0 saturated carbocycles. The summed E-state index contributed by atoms with van der Waals surface area (Å²) in [6.45, 7) is 14.2. The molecule has 1 nitrogen and oxygen atoms in total. The molecule has 0 radical (unpaired) electrons. The van der Waals surface area contributed by atoms with Crippen LogP contribution in [0.4, 0.5) is 0 Å². The zero-order valence-electron chi connectivity index (χ0n) is 19.5. The van der Waals surface area contributed by atoms with E-state index in [-0.39, 0.29) is 17.4 Å². The van der Waals surface area contributed by atoms with Gasteiger partial charge < -0.3 is 5.11 Å². The highest BCUT2D eigenvalue weighted by Gasteiger charge is 2.38. The molecule has 1 aliphatic carbocycles. The van der Waals surface area contributed by atoms with Crippen molar-refractivity contribution in [3.8, 4) is 11.1 Å². The van der Waals surface area contributed by atoms with Gasteiger partial charge in [-0.25, -0.2) is 0 Å². The maximum absolute atomic E-state index is 9.78. The third-order valence-corrected chi connectivity index (χ3v) is 7.46. The Morgan fingerprint density at radius 1 is 0.900 bits per heavy atom. The molecular formula is C29H36O. The van der Waals surface area contributed by atoms with Crippen molar-refractivity contribution in [3.05, 3.63) is 70.3 Å². The molecule has 0 atom stereocenters. The normalized spacial score (nSPS) is 17.2. The van der Waals surface area contributed by atoms with E-state index in [0.29, 0.717) is 0 Å². The monoisotopic (exact) mass is 400 g/mol. The molecule has 1 N–H and O–H groups in total. The quantitative estimate of drug-likeness (QED) is 0.478. The maximum Gasteiger partial charge on any atom is 0.0684 e. The van der Waals surface area contributed by atoms with E-state index in [9.17, 15) is 5.11 Å². The zero-order chi connectivity index (χ0) is 21.7. The molecule has 4 rings (SSSR count). The fourth-order valence-electron chi connectivity index (χ4n) is 5.65. The smallest absolute Gasteiger partial charge is 0.0684 e. The molecule has 1 heteroatoms. The molecule has 0 heterocycles. The standard InChI is InChI=1S/C29H36O/c1-7-8-24-22(18-30)10-9-21-17-20(11-12-25(21)24)23-13-14-26-27(19(23)2)29(5,6)16-15-28(26,3)4/h9-14,17,30H,7-8,15-16,18H2,1-6H3. The van der Waals surface area contributed by atoms with Crippen LogP contribution >= 0.6 is 0 Å². The number of rotatable bonds is 4. The summed E-state index contributed by atoms with van der Waals surface area (Å²) in [7, 11) is 0. The van der Waals surface area contributed by atoms with Crippen molar-refractivity contribution < 1.29 is 5.11 Å². The van der Waals surface area contributed by atoms with Crippen LogP contribution < -0.4 is 0 Å². The first-order valence-corrected chi connectivity index (χ1v) is 11.5. The first-order valence-electron chi connectivity index (χ1n) is 11.5. The molecule has 3 aromatic carbocycles. The fourth-order valence-corrected chi connectivity index (χ4v) is 5.65. The molecule has 0 saturated heterocycles. The van der Waals surface area contributed by atoms with Gasteiger partial charge in [-0.05, 0) is 92.8 Å². The Balaban J connectivity index is 1.89. The number of aliphatic hydroxyl groups is 1. The van der Waals surface area contributed by atoms with E-state index in [0.717, 1.165) is 18.4 Å². The van der Waals surface area contributed by atoms with E-state index in [4.69, 9.17) is 0 Å². The molecule has 158 valence electrons. The minimum atomic E-state index is 0.113. The number of aliphatic hydroxyl groups excluding tert-OH is 1. The van der Waals surface area contributed by atoms with Crippen molar-refractivity contribution in [2.24, 2.45) is 0 Å².